The van der Waals surface area contributed by atoms with Gasteiger partial charge in [0, 0.05) is 16.9 Å². The lowest BCUT2D eigenvalue weighted by Crippen LogP contribution is -2.43. The number of hydrogen-bond acceptors (Lipinski definition) is 1. The molecule has 1 aliphatic carbocycles. The Morgan fingerprint density at radius 1 is 1.33 bits per heavy atom. The van der Waals surface area contributed by atoms with E-state index in [9.17, 15) is 8.78 Å². The van der Waals surface area contributed by atoms with E-state index in [4.69, 9.17) is 0 Å². The molecule has 1 aromatic carbocycles. The molecule has 1 heterocycles. The molecule has 0 bridgehead atoms. The molecule has 1 unspecified atom stereocenters. The van der Waals surface area contributed by atoms with Crippen LogP contribution in [0.5, 0.6) is 0 Å². The van der Waals surface area contributed by atoms with Crippen LogP contribution in [0.1, 0.15) is 36.4 Å². The van der Waals surface area contributed by atoms with Gasteiger partial charge in [-0.1, -0.05) is 22.0 Å². The number of rotatable bonds is 1. The fourth-order valence-corrected chi connectivity index (χ4v) is 3.57. The average molecular weight is 316 g/mol. The molecule has 1 aliphatic heterocycles. The molecule has 4 heteroatoms. The Morgan fingerprint density at radius 2 is 2.17 bits per heavy atom. The van der Waals surface area contributed by atoms with Crippen molar-refractivity contribution >= 4 is 15.9 Å². The van der Waals surface area contributed by atoms with Crippen LogP contribution in [0.4, 0.5) is 8.78 Å². The van der Waals surface area contributed by atoms with Crippen molar-refractivity contribution in [3.63, 3.8) is 0 Å². The highest BCUT2D eigenvalue weighted by Crippen LogP contribution is 2.40. The standard InChI is InChI=1S/C14H16BrF2N/c15-11-4-2-10-3-5-13(12(10)8-11)18-7-1-6-14(16,17)9-18/h2,4,8,13H,1,3,5-7,9H2. The highest BCUT2D eigenvalue weighted by Gasteiger charge is 2.39. The van der Waals surface area contributed by atoms with Gasteiger partial charge >= 0.3 is 0 Å². The second-order valence-corrected chi connectivity index (χ2v) is 6.24. The maximum absolute atomic E-state index is 13.5. The van der Waals surface area contributed by atoms with E-state index < -0.39 is 5.92 Å². The molecule has 0 amide bonds. The Bertz CT molecular complexity index is 461. The maximum atomic E-state index is 13.5. The second-order valence-electron chi connectivity index (χ2n) is 5.33. The summed E-state index contributed by atoms with van der Waals surface area (Å²) in [7, 11) is 0. The summed E-state index contributed by atoms with van der Waals surface area (Å²) in [5.41, 5.74) is 2.55. The third-order valence-electron chi connectivity index (χ3n) is 4.02. The lowest BCUT2D eigenvalue weighted by Gasteiger charge is -2.36. The third-order valence-corrected chi connectivity index (χ3v) is 4.51. The molecule has 0 radical (unpaired) electrons. The number of benzene rings is 1. The van der Waals surface area contributed by atoms with Crippen LogP contribution < -0.4 is 0 Å². The molecule has 0 N–H and O–H groups in total. The van der Waals surface area contributed by atoms with Gasteiger partial charge in [-0.3, -0.25) is 4.90 Å². The first-order valence-corrected chi connectivity index (χ1v) is 7.25. The molecule has 18 heavy (non-hydrogen) atoms. The Morgan fingerprint density at radius 3 is 2.94 bits per heavy atom. The largest absolute Gasteiger partial charge is 0.290 e. The van der Waals surface area contributed by atoms with Crippen molar-refractivity contribution in [2.45, 2.75) is 37.6 Å². The van der Waals surface area contributed by atoms with E-state index >= 15 is 0 Å². The van der Waals surface area contributed by atoms with Gasteiger partial charge in [-0.05, 0) is 49.1 Å². The Balaban J connectivity index is 1.85. The van der Waals surface area contributed by atoms with Crippen molar-refractivity contribution in [3.05, 3.63) is 33.8 Å². The first-order valence-electron chi connectivity index (χ1n) is 6.45. The summed E-state index contributed by atoms with van der Waals surface area (Å²) in [6.07, 6.45) is 2.63. The van der Waals surface area contributed by atoms with Gasteiger partial charge in [0.1, 0.15) is 0 Å². The lowest BCUT2D eigenvalue weighted by molar-refractivity contribution is -0.0753. The number of piperidine rings is 1. The van der Waals surface area contributed by atoms with Crippen molar-refractivity contribution in [2.75, 3.05) is 13.1 Å². The van der Waals surface area contributed by atoms with Crippen LogP contribution in [-0.2, 0) is 6.42 Å². The van der Waals surface area contributed by atoms with Crippen LogP contribution in [0.3, 0.4) is 0 Å². The number of halogens is 3. The average Bonchev–Trinajstić information content (AvgIpc) is 2.70. The first-order chi connectivity index (χ1) is 8.55. The van der Waals surface area contributed by atoms with Crippen molar-refractivity contribution < 1.29 is 8.78 Å². The van der Waals surface area contributed by atoms with Gasteiger partial charge in [0.05, 0.1) is 6.54 Å². The molecule has 2 aliphatic rings. The van der Waals surface area contributed by atoms with Gasteiger partial charge in [0.2, 0.25) is 0 Å². The predicted molar refractivity (Wildman–Crippen MR) is 71.0 cm³/mol. The van der Waals surface area contributed by atoms with Gasteiger partial charge in [-0.15, -0.1) is 0 Å². The Labute approximate surface area is 114 Å². The summed E-state index contributed by atoms with van der Waals surface area (Å²) < 4.78 is 28.1. The summed E-state index contributed by atoms with van der Waals surface area (Å²) in [6.45, 7) is 0.718. The third kappa shape index (κ3) is 2.32. The van der Waals surface area contributed by atoms with Crippen molar-refractivity contribution in [3.8, 4) is 0 Å². The molecule has 1 saturated heterocycles. The van der Waals surface area contributed by atoms with E-state index in [-0.39, 0.29) is 19.0 Å². The molecule has 0 saturated carbocycles. The SMILES string of the molecule is FC1(F)CCCN(C2CCc3ccc(Br)cc32)C1. The number of nitrogens with zero attached hydrogens (tertiary/aromatic N) is 1. The van der Waals surface area contributed by atoms with E-state index in [1.165, 1.54) is 11.1 Å². The van der Waals surface area contributed by atoms with E-state index in [2.05, 4.69) is 28.1 Å². The lowest BCUT2D eigenvalue weighted by atomic mass is 10.0. The molecule has 1 atom stereocenters. The van der Waals surface area contributed by atoms with Gasteiger partial charge in [0.15, 0.2) is 0 Å². The van der Waals surface area contributed by atoms with E-state index in [1.54, 1.807) is 0 Å². The fourth-order valence-electron chi connectivity index (χ4n) is 3.19. The zero-order valence-corrected chi connectivity index (χ0v) is 11.7. The molecule has 3 rings (SSSR count). The molecule has 1 aromatic rings. The van der Waals surface area contributed by atoms with E-state index in [0.29, 0.717) is 6.42 Å². The molecule has 0 aromatic heterocycles. The van der Waals surface area contributed by atoms with Crippen molar-refractivity contribution in [2.24, 2.45) is 0 Å². The topological polar surface area (TPSA) is 3.24 Å². The fraction of sp³-hybridized carbons (Fsp3) is 0.571. The zero-order chi connectivity index (χ0) is 12.8. The van der Waals surface area contributed by atoms with Crippen LogP contribution >= 0.6 is 15.9 Å². The summed E-state index contributed by atoms with van der Waals surface area (Å²) in [6, 6.07) is 6.43. The predicted octanol–water partition coefficient (Wildman–Crippen LogP) is 4.17. The zero-order valence-electron chi connectivity index (χ0n) is 10.1. The number of aryl methyl sites for hydroxylation is 1. The number of fused-ring (bicyclic) bond motifs is 1. The summed E-state index contributed by atoms with van der Waals surface area (Å²) in [4.78, 5) is 1.97. The molecule has 1 fully saturated rings. The van der Waals surface area contributed by atoms with Crippen LogP contribution in [0.2, 0.25) is 0 Å². The molecule has 1 nitrogen and oxygen atoms in total. The summed E-state index contributed by atoms with van der Waals surface area (Å²) >= 11 is 3.47. The number of hydrogen-bond donors (Lipinski definition) is 0. The van der Waals surface area contributed by atoms with Crippen LogP contribution in [0.25, 0.3) is 0 Å². The monoisotopic (exact) mass is 315 g/mol. The summed E-state index contributed by atoms with van der Waals surface area (Å²) in [5, 5.41) is 0. The van der Waals surface area contributed by atoms with Crippen LogP contribution in [0.15, 0.2) is 22.7 Å². The van der Waals surface area contributed by atoms with Crippen LogP contribution in [-0.4, -0.2) is 23.9 Å². The van der Waals surface area contributed by atoms with E-state index in [0.717, 1.165) is 23.9 Å². The summed E-state index contributed by atoms with van der Waals surface area (Å²) in [5.74, 6) is -2.51. The van der Waals surface area contributed by atoms with Gasteiger partial charge in [-0.25, -0.2) is 8.78 Å². The number of likely N-dealkylation sites (tertiary alicyclic amines) is 1. The highest BCUT2D eigenvalue weighted by molar-refractivity contribution is 9.10. The molecular formula is C14H16BrF2N. The molecule has 98 valence electrons. The van der Waals surface area contributed by atoms with Gasteiger partial charge in [-0.2, -0.15) is 0 Å². The Hall–Kier alpha value is -0.480. The quantitative estimate of drug-likeness (QED) is 0.752. The van der Waals surface area contributed by atoms with Gasteiger partial charge < -0.3 is 0 Å². The minimum atomic E-state index is -2.51. The minimum Gasteiger partial charge on any atom is -0.290 e. The van der Waals surface area contributed by atoms with Crippen molar-refractivity contribution in [1.29, 1.82) is 0 Å². The minimum absolute atomic E-state index is 0.0432. The van der Waals surface area contributed by atoms with Crippen LogP contribution in [0, 0.1) is 0 Å². The molecular weight excluding hydrogens is 300 g/mol. The van der Waals surface area contributed by atoms with E-state index in [1.807, 2.05) is 11.0 Å². The smallest absolute Gasteiger partial charge is 0.260 e. The van der Waals surface area contributed by atoms with Crippen molar-refractivity contribution in [1.82, 2.24) is 4.90 Å². The second kappa shape index (κ2) is 4.57. The highest BCUT2D eigenvalue weighted by atomic mass is 79.9. The first kappa shape index (κ1) is 12.5. The molecule has 0 spiro atoms. The van der Waals surface area contributed by atoms with Gasteiger partial charge in [0.25, 0.3) is 5.92 Å². The normalized spacial score (nSPS) is 27.2. The number of alkyl halides is 2. The Kier molecular flexibility index (Phi) is 3.18. The maximum Gasteiger partial charge on any atom is 0.260 e.